The third kappa shape index (κ3) is 3.37. The van der Waals surface area contributed by atoms with Gasteiger partial charge in [0.15, 0.2) is 5.60 Å². The number of cyclic esters (lactones) is 1. The van der Waals surface area contributed by atoms with Crippen LogP contribution in [0.15, 0.2) is 24.4 Å². The van der Waals surface area contributed by atoms with Crippen molar-refractivity contribution in [3.63, 3.8) is 0 Å². The van der Waals surface area contributed by atoms with E-state index < -0.39 is 11.6 Å². The molecule has 0 radical (unpaired) electrons. The van der Waals surface area contributed by atoms with Crippen molar-refractivity contribution < 1.29 is 19.4 Å². The van der Waals surface area contributed by atoms with Gasteiger partial charge in [-0.05, 0) is 55.7 Å². The van der Waals surface area contributed by atoms with Gasteiger partial charge in [0.05, 0.1) is 17.6 Å². The van der Waals surface area contributed by atoms with Gasteiger partial charge >= 0.3 is 5.97 Å². The summed E-state index contributed by atoms with van der Waals surface area (Å²) in [6.07, 6.45) is 8.43. The zero-order chi connectivity index (χ0) is 20.8. The Labute approximate surface area is 172 Å². The van der Waals surface area contributed by atoms with Gasteiger partial charge in [0.1, 0.15) is 6.10 Å². The van der Waals surface area contributed by atoms with Gasteiger partial charge in [-0.2, -0.15) is 0 Å². The van der Waals surface area contributed by atoms with Gasteiger partial charge in [-0.1, -0.05) is 26.3 Å². The molecule has 0 aromatic carbocycles. The number of nitrogens with zero attached hydrogens (tertiary/aromatic N) is 2. The van der Waals surface area contributed by atoms with E-state index in [-0.39, 0.29) is 29.8 Å². The fraction of sp³-hybridized carbons (Fsp3) is 0.609. The molecule has 1 aromatic rings. The van der Waals surface area contributed by atoms with Crippen molar-refractivity contribution in [2.75, 3.05) is 11.4 Å². The molecule has 1 N–H and O–H groups in total. The summed E-state index contributed by atoms with van der Waals surface area (Å²) in [4.78, 5) is 30.5. The molecule has 1 aromatic heterocycles. The second-order valence-corrected chi connectivity index (χ2v) is 8.84. The van der Waals surface area contributed by atoms with Gasteiger partial charge < -0.3 is 14.7 Å². The van der Waals surface area contributed by atoms with Gasteiger partial charge in [0.25, 0.3) is 0 Å². The number of hydrogen-bond donors (Lipinski definition) is 1. The van der Waals surface area contributed by atoms with Gasteiger partial charge in [-0.3, -0.25) is 9.78 Å². The van der Waals surface area contributed by atoms with Crippen LogP contribution in [0.1, 0.15) is 52.1 Å². The van der Waals surface area contributed by atoms with E-state index in [1.165, 1.54) is 0 Å². The monoisotopic (exact) mass is 398 g/mol. The highest BCUT2D eigenvalue weighted by molar-refractivity contribution is 5.95. The molecule has 6 nitrogen and oxygen atoms in total. The minimum Gasteiger partial charge on any atom is -0.460 e. The number of rotatable bonds is 4. The Kier molecular flexibility index (Phi) is 5.23. The first-order chi connectivity index (χ1) is 13.8. The first kappa shape index (κ1) is 20.1. The summed E-state index contributed by atoms with van der Waals surface area (Å²) in [6.45, 7) is 6.90. The first-order valence-electron chi connectivity index (χ1n) is 10.7. The van der Waals surface area contributed by atoms with E-state index in [0.29, 0.717) is 18.8 Å². The van der Waals surface area contributed by atoms with E-state index in [0.717, 1.165) is 30.8 Å². The lowest BCUT2D eigenvalue weighted by atomic mass is 9.59. The average Bonchev–Trinajstić information content (AvgIpc) is 3.20. The number of esters is 1. The maximum Gasteiger partial charge on any atom is 0.338 e. The molecule has 6 atom stereocenters. The maximum atomic E-state index is 12.4. The minimum atomic E-state index is -1.40. The van der Waals surface area contributed by atoms with E-state index >= 15 is 0 Å². The zero-order valence-corrected chi connectivity index (χ0v) is 17.4. The molecule has 3 aliphatic rings. The van der Waals surface area contributed by atoms with Crippen LogP contribution in [0.2, 0.25) is 0 Å². The molecule has 3 fully saturated rings. The quantitative estimate of drug-likeness (QED) is 0.788. The molecule has 2 aliphatic heterocycles. The number of carbonyl (C=O) groups is 2. The number of carbonyl (C=O) groups excluding carboxylic acids is 2. The Morgan fingerprint density at radius 3 is 2.76 bits per heavy atom. The standard InChI is InChI=1S/C23H30N2O4/c1-4-18-14(2)12-23(28)21(15(3)29-22(23)27)19(18)10-8-16-7-9-17(13-24-16)25-11-5-6-20(25)26/h7-10,13-15,18-19,21,28H,4-6,11-12H2,1-3H3/b10-8+. The first-order valence-corrected chi connectivity index (χ1v) is 10.7. The summed E-state index contributed by atoms with van der Waals surface area (Å²) < 4.78 is 5.44. The van der Waals surface area contributed by atoms with Crippen molar-refractivity contribution in [2.24, 2.45) is 23.7 Å². The van der Waals surface area contributed by atoms with E-state index in [1.54, 1.807) is 11.1 Å². The van der Waals surface area contributed by atoms with Crippen molar-refractivity contribution in [1.29, 1.82) is 0 Å². The largest absolute Gasteiger partial charge is 0.460 e. The Balaban J connectivity index is 1.58. The minimum absolute atomic E-state index is 0.0387. The van der Waals surface area contributed by atoms with Gasteiger partial charge in [0, 0.05) is 18.9 Å². The molecule has 6 unspecified atom stereocenters. The summed E-state index contributed by atoms with van der Waals surface area (Å²) in [5.41, 5.74) is 0.238. The molecule has 6 heteroatoms. The number of pyridine rings is 1. The SMILES string of the molecule is CCC1C(C)CC2(O)C(=O)OC(C)C2C1/C=C/c1ccc(N2CCCC2=O)cn1. The summed E-state index contributed by atoms with van der Waals surface area (Å²) in [6, 6.07) is 3.84. The van der Waals surface area contributed by atoms with Gasteiger partial charge in [-0.15, -0.1) is 0 Å². The van der Waals surface area contributed by atoms with Crippen LogP contribution < -0.4 is 4.90 Å². The van der Waals surface area contributed by atoms with Crippen molar-refractivity contribution in [3.8, 4) is 0 Å². The number of allylic oxidation sites excluding steroid dienone is 1. The normalized spacial score (nSPS) is 37.2. The highest BCUT2D eigenvalue weighted by Crippen LogP contribution is 2.52. The maximum absolute atomic E-state index is 12.4. The Morgan fingerprint density at radius 1 is 1.34 bits per heavy atom. The van der Waals surface area contributed by atoms with Crippen molar-refractivity contribution in [3.05, 3.63) is 30.1 Å². The lowest BCUT2D eigenvalue weighted by Gasteiger charge is -2.45. The topological polar surface area (TPSA) is 79.7 Å². The molecule has 29 heavy (non-hydrogen) atoms. The highest BCUT2D eigenvalue weighted by atomic mass is 16.6. The summed E-state index contributed by atoms with van der Waals surface area (Å²) in [5, 5.41) is 11.1. The number of anilines is 1. The van der Waals surface area contributed by atoms with Crippen LogP contribution in [0, 0.1) is 23.7 Å². The predicted octanol–water partition coefficient (Wildman–Crippen LogP) is 3.20. The highest BCUT2D eigenvalue weighted by Gasteiger charge is 2.62. The molecule has 3 heterocycles. The molecular weight excluding hydrogens is 368 g/mol. The third-order valence-electron chi connectivity index (χ3n) is 7.09. The van der Waals surface area contributed by atoms with Crippen LogP contribution in [-0.2, 0) is 14.3 Å². The second kappa shape index (κ2) is 7.56. The number of ether oxygens (including phenoxy) is 1. The Morgan fingerprint density at radius 2 is 2.14 bits per heavy atom. The molecule has 2 saturated heterocycles. The average molecular weight is 399 g/mol. The van der Waals surface area contributed by atoms with E-state index in [4.69, 9.17) is 4.74 Å². The lowest BCUT2D eigenvalue weighted by Crippen LogP contribution is -2.53. The second-order valence-electron chi connectivity index (χ2n) is 8.84. The van der Waals surface area contributed by atoms with Gasteiger partial charge in [-0.25, -0.2) is 4.79 Å². The predicted molar refractivity (Wildman–Crippen MR) is 110 cm³/mol. The fourth-order valence-corrected chi connectivity index (χ4v) is 5.73. The smallest absolute Gasteiger partial charge is 0.338 e. The summed E-state index contributed by atoms with van der Waals surface area (Å²) >= 11 is 0. The molecule has 4 rings (SSSR count). The Hall–Kier alpha value is -2.21. The van der Waals surface area contributed by atoms with Crippen LogP contribution in [0.3, 0.4) is 0 Å². The molecule has 0 bridgehead atoms. The van der Waals surface area contributed by atoms with E-state index in [1.807, 2.05) is 25.1 Å². The van der Waals surface area contributed by atoms with Crippen LogP contribution in [0.5, 0.6) is 0 Å². The number of fused-ring (bicyclic) bond motifs is 1. The zero-order valence-electron chi connectivity index (χ0n) is 17.4. The van der Waals surface area contributed by atoms with Crippen molar-refractivity contribution in [1.82, 2.24) is 4.98 Å². The lowest BCUT2D eigenvalue weighted by molar-refractivity contribution is -0.160. The van der Waals surface area contributed by atoms with Crippen molar-refractivity contribution in [2.45, 2.75) is 58.2 Å². The third-order valence-corrected chi connectivity index (χ3v) is 7.09. The number of hydrogen-bond acceptors (Lipinski definition) is 5. The van der Waals surface area contributed by atoms with E-state index in [9.17, 15) is 14.7 Å². The molecule has 1 saturated carbocycles. The van der Waals surface area contributed by atoms with E-state index in [2.05, 4.69) is 24.9 Å². The number of amides is 1. The Bertz CT molecular complexity index is 821. The van der Waals surface area contributed by atoms with Crippen LogP contribution >= 0.6 is 0 Å². The molecule has 0 spiro atoms. The van der Waals surface area contributed by atoms with Gasteiger partial charge in [0.2, 0.25) is 5.91 Å². The molecule has 1 amide bonds. The van der Waals surface area contributed by atoms with Crippen molar-refractivity contribution >= 4 is 23.6 Å². The fourth-order valence-electron chi connectivity index (χ4n) is 5.73. The molecular formula is C23H30N2O4. The molecule has 1 aliphatic carbocycles. The number of aromatic nitrogens is 1. The summed E-state index contributed by atoms with van der Waals surface area (Å²) in [7, 11) is 0. The summed E-state index contributed by atoms with van der Waals surface area (Å²) in [5.74, 6) is 0.0646. The number of aliphatic hydroxyl groups is 1. The molecule has 156 valence electrons. The van der Waals surface area contributed by atoms with Crippen LogP contribution in [0.25, 0.3) is 6.08 Å². The van der Waals surface area contributed by atoms with Crippen LogP contribution in [0.4, 0.5) is 5.69 Å². The van der Waals surface area contributed by atoms with Crippen LogP contribution in [-0.4, -0.2) is 40.2 Å².